The van der Waals surface area contributed by atoms with Gasteiger partial charge < -0.3 is 15.0 Å². The van der Waals surface area contributed by atoms with Gasteiger partial charge in [-0.15, -0.1) is 0 Å². The first-order chi connectivity index (χ1) is 17.6. The van der Waals surface area contributed by atoms with Crippen LogP contribution in [-0.4, -0.2) is 34.9 Å². The van der Waals surface area contributed by atoms with Crippen LogP contribution in [0.25, 0.3) is 17.5 Å². The lowest BCUT2D eigenvalue weighted by atomic mass is 10.1. The summed E-state index contributed by atoms with van der Waals surface area (Å²) in [6.45, 7) is 1.03. The molecule has 1 aromatic heterocycles. The summed E-state index contributed by atoms with van der Waals surface area (Å²) in [5, 5.41) is 3.85. The monoisotopic (exact) mass is 526 g/mol. The third kappa shape index (κ3) is 6.50. The van der Waals surface area contributed by atoms with Crippen LogP contribution in [0.5, 0.6) is 5.75 Å². The molecule has 1 aliphatic heterocycles. The van der Waals surface area contributed by atoms with Crippen molar-refractivity contribution in [1.29, 1.82) is 0 Å². The molecule has 6 nitrogen and oxygen atoms in total. The summed E-state index contributed by atoms with van der Waals surface area (Å²) >= 11 is 0. The maximum atomic E-state index is 13.7. The number of halogens is 6. The Morgan fingerprint density at radius 2 is 1.81 bits per heavy atom. The normalized spacial score (nSPS) is 17.1. The number of nitrogens with two attached hydrogens (primary N) is 1. The van der Waals surface area contributed by atoms with Gasteiger partial charge in [0.25, 0.3) is 0 Å². The van der Waals surface area contributed by atoms with Crippen LogP contribution in [0.3, 0.4) is 0 Å². The Labute approximate surface area is 208 Å². The van der Waals surface area contributed by atoms with Gasteiger partial charge in [-0.05, 0) is 55.2 Å². The van der Waals surface area contributed by atoms with Crippen LogP contribution in [0.2, 0.25) is 0 Å². The number of ether oxygens (including phenoxy) is 1. The summed E-state index contributed by atoms with van der Waals surface area (Å²) < 4.78 is 89.8. The highest BCUT2D eigenvalue weighted by Gasteiger charge is 2.36. The topological polar surface area (TPSA) is 77.4 Å². The van der Waals surface area contributed by atoms with E-state index in [9.17, 15) is 26.3 Å². The molecule has 0 unspecified atom stereocenters. The average molecular weight is 526 g/mol. The first-order valence-electron chi connectivity index (χ1n) is 11.5. The standard InChI is InChI=1S/C25H24F6N4O2/c26-24(27,28)18-9-6-16(7-10-18)4-1-2-13-36-21-11-8-17(14-19(21)25(29,30)31)22-33-23(37-34-22)20-5-3-12-35(20)15-32/h1,4,6-11,14,20H,2-3,5,12-13,15,32H2/b4-1+/t20-/m0/s1. The van der Waals surface area contributed by atoms with Crippen molar-refractivity contribution < 1.29 is 35.6 Å². The molecule has 4 rings (SSSR count). The first-order valence-corrected chi connectivity index (χ1v) is 11.5. The number of rotatable bonds is 8. The lowest BCUT2D eigenvalue weighted by Crippen LogP contribution is -2.29. The van der Waals surface area contributed by atoms with E-state index in [1.807, 2.05) is 4.90 Å². The first kappa shape index (κ1) is 26.7. The molecule has 198 valence electrons. The Hall–Kier alpha value is -3.38. The Morgan fingerprint density at radius 3 is 2.49 bits per heavy atom. The maximum Gasteiger partial charge on any atom is 0.419 e. The fraction of sp³-hybridized carbons (Fsp3) is 0.360. The van der Waals surface area contributed by atoms with E-state index in [4.69, 9.17) is 15.0 Å². The summed E-state index contributed by atoms with van der Waals surface area (Å²) in [6, 6.07) is 7.92. The second-order valence-electron chi connectivity index (χ2n) is 8.48. The highest BCUT2D eigenvalue weighted by atomic mass is 19.4. The predicted molar refractivity (Wildman–Crippen MR) is 123 cm³/mol. The van der Waals surface area contributed by atoms with Gasteiger partial charge in [0.2, 0.25) is 11.7 Å². The van der Waals surface area contributed by atoms with Crippen molar-refractivity contribution in [3.05, 3.63) is 71.1 Å². The summed E-state index contributed by atoms with van der Waals surface area (Å²) in [4.78, 5) is 6.25. The van der Waals surface area contributed by atoms with E-state index in [0.29, 0.717) is 18.1 Å². The molecule has 1 fully saturated rings. The van der Waals surface area contributed by atoms with E-state index in [2.05, 4.69) is 10.1 Å². The van der Waals surface area contributed by atoms with E-state index in [-0.39, 0.29) is 36.2 Å². The Bertz CT molecular complexity index is 1220. The maximum absolute atomic E-state index is 13.7. The lowest BCUT2D eigenvalue weighted by molar-refractivity contribution is -0.139. The summed E-state index contributed by atoms with van der Waals surface area (Å²) in [5.41, 5.74) is 4.65. The fourth-order valence-electron chi connectivity index (χ4n) is 4.07. The minimum Gasteiger partial charge on any atom is -0.493 e. The third-order valence-corrected chi connectivity index (χ3v) is 5.96. The molecule has 12 heteroatoms. The third-order valence-electron chi connectivity index (χ3n) is 5.96. The van der Waals surface area contributed by atoms with Crippen molar-refractivity contribution in [1.82, 2.24) is 15.0 Å². The Balaban J connectivity index is 1.41. The molecule has 0 radical (unpaired) electrons. The molecule has 1 atom stereocenters. The number of benzene rings is 2. The van der Waals surface area contributed by atoms with E-state index >= 15 is 0 Å². The van der Waals surface area contributed by atoms with Crippen molar-refractivity contribution in [3.8, 4) is 17.1 Å². The average Bonchev–Trinajstić information content (AvgIpc) is 3.52. The Kier molecular flexibility index (Phi) is 7.88. The SMILES string of the molecule is NCN1CCC[C@H]1c1nc(-c2ccc(OCC/C=C/c3ccc(C(F)(F)F)cc3)c(C(F)(F)F)c2)no1. The number of nitrogens with zero attached hydrogens (tertiary/aromatic N) is 3. The molecule has 2 N–H and O–H groups in total. The summed E-state index contributed by atoms with van der Waals surface area (Å²) in [5.74, 6) is -0.00457. The van der Waals surface area contributed by atoms with E-state index in [1.54, 1.807) is 12.2 Å². The minimum atomic E-state index is -4.68. The number of aromatic nitrogens is 2. The van der Waals surface area contributed by atoms with Crippen molar-refractivity contribution in [2.24, 2.45) is 5.73 Å². The zero-order valence-corrected chi connectivity index (χ0v) is 19.5. The molecule has 0 aliphatic carbocycles. The van der Waals surface area contributed by atoms with Crippen LogP contribution in [0.15, 0.2) is 53.1 Å². The van der Waals surface area contributed by atoms with Gasteiger partial charge >= 0.3 is 12.4 Å². The molecule has 0 bridgehead atoms. The van der Waals surface area contributed by atoms with Gasteiger partial charge in [-0.3, -0.25) is 4.90 Å². The minimum absolute atomic E-state index is 0.0374. The molecule has 0 saturated carbocycles. The van der Waals surface area contributed by atoms with Crippen LogP contribution >= 0.6 is 0 Å². The number of likely N-dealkylation sites (tertiary alicyclic amines) is 1. The van der Waals surface area contributed by atoms with Crippen LogP contribution in [0.1, 0.15) is 47.9 Å². The molecule has 2 aromatic carbocycles. The highest BCUT2D eigenvalue weighted by molar-refractivity contribution is 5.59. The molecule has 1 saturated heterocycles. The fourth-order valence-corrected chi connectivity index (χ4v) is 4.07. The van der Waals surface area contributed by atoms with Crippen LogP contribution in [0.4, 0.5) is 26.3 Å². The highest BCUT2D eigenvalue weighted by Crippen LogP contribution is 2.39. The second kappa shape index (κ2) is 10.9. The van der Waals surface area contributed by atoms with E-state index in [1.165, 1.54) is 24.3 Å². The molecule has 0 spiro atoms. The number of hydrogen-bond acceptors (Lipinski definition) is 6. The van der Waals surface area contributed by atoms with E-state index in [0.717, 1.165) is 37.6 Å². The van der Waals surface area contributed by atoms with Crippen molar-refractivity contribution in [2.75, 3.05) is 19.8 Å². The molecule has 37 heavy (non-hydrogen) atoms. The smallest absolute Gasteiger partial charge is 0.419 e. The summed E-state index contributed by atoms with van der Waals surface area (Å²) in [6.07, 6.45) is -4.01. The van der Waals surface area contributed by atoms with Crippen molar-refractivity contribution in [2.45, 2.75) is 37.7 Å². The number of alkyl halides is 6. The zero-order chi connectivity index (χ0) is 26.6. The molecule has 0 amide bonds. The van der Waals surface area contributed by atoms with Gasteiger partial charge in [-0.1, -0.05) is 29.4 Å². The predicted octanol–water partition coefficient (Wildman–Crippen LogP) is 6.31. The van der Waals surface area contributed by atoms with Crippen molar-refractivity contribution >= 4 is 6.08 Å². The largest absolute Gasteiger partial charge is 0.493 e. The quantitative estimate of drug-likeness (QED) is 0.274. The molecule has 2 heterocycles. The summed E-state index contributed by atoms with van der Waals surface area (Å²) in [7, 11) is 0. The molecular formula is C25H24F6N4O2. The van der Waals surface area contributed by atoms with Gasteiger partial charge in [-0.2, -0.15) is 31.3 Å². The molecular weight excluding hydrogens is 502 g/mol. The molecule has 1 aliphatic rings. The second-order valence-corrected chi connectivity index (χ2v) is 8.48. The van der Waals surface area contributed by atoms with Gasteiger partial charge in [0.1, 0.15) is 5.75 Å². The van der Waals surface area contributed by atoms with Gasteiger partial charge in [0.05, 0.1) is 23.8 Å². The van der Waals surface area contributed by atoms with Gasteiger partial charge in [0.15, 0.2) is 0 Å². The van der Waals surface area contributed by atoms with Crippen LogP contribution in [0, 0.1) is 0 Å². The van der Waals surface area contributed by atoms with Crippen LogP contribution in [-0.2, 0) is 12.4 Å². The number of hydrogen-bond donors (Lipinski definition) is 1. The Morgan fingerprint density at radius 1 is 1.05 bits per heavy atom. The van der Waals surface area contributed by atoms with Gasteiger partial charge in [0, 0.05) is 18.8 Å². The van der Waals surface area contributed by atoms with Crippen molar-refractivity contribution in [3.63, 3.8) is 0 Å². The van der Waals surface area contributed by atoms with Crippen LogP contribution < -0.4 is 10.5 Å². The molecule has 3 aromatic rings. The zero-order valence-electron chi connectivity index (χ0n) is 19.5. The lowest BCUT2D eigenvalue weighted by Gasteiger charge is -2.18. The van der Waals surface area contributed by atoms with Gasteiger partial charge in [-0.25, -0.2) is 0 Å². The van der Waals surface area contributed by atoms with E-state index < -0.39 is 23.5 Å².